The van der Waals surface area contributed by atoms with E-state index >= 15 is 0 Å². The molecule has 12 heteroatoms. The van der Waals surface area contributed by atoms with E-state index in [1.807, 2.05) is 0 Å². The molecule has 2 aromatic rings. The smallest absolute Gasteiger partial charge is 0.166 e. The molecule has 0 amide bonds. The largest absolute Gasteiger partial charge is 0.417 e. The van der Waals surface area contributed by atoms with Crippen LogP contribution in [0.5, 0.6) is 0 Å². The summed E-state index contributed by atoms with van der Waals surface area (Å²) in [5.41, 5.74) is -11.1. The summed E-state index contributed by atoms with van der Waals surface area (Å²) in [4.78, 5) is 0. The van der Waals surface area contributed by atoms with Gasteiger partial charge in [0.1, 0.15) is 0 Å². The minimum Gasteiger partial charge on any atom is -0.166 e. The summed E-state index contributed by atoms with van der Waals surface area (Å²) in [5.74, 6) is 0. The van der Waals surface area contributed by atoms with Gasteiger partial charge in [-0.3, -0.25) is 0 Å². The average Bonchev–Trinajstić information content (AvgIpc) is 2.40. The normalized spacial score (nSPS) is 14.2. The lowest BCUT2D eigenvalue weighted by molar-refractivity contribution is -0.174. The average molecular weight is 400 g/mol. The predicted octanol–water partition coefficient (Wildman–Crippen LogP) is 6.92. The number of hydrogen-bond acceptors (Lipinski definition) is 0. The lowest BCUT2D eigenvalue weighted by atomic mass is 9.90. The Morgan fingerprint density at radius 1 is 0.500 bits per heavy atom. The van der Waals surface area contributed by atoms with Crippen LogP contribution in [-0.2, 0) is 24.7 Å². The molecular weight excluding hydrogens is 396 g/mol. The first-order valence-corrected chi connectivity index (χ1v) is 6.34. The quantitative estimate of drug-likeness (QED) is 0.422. The van der Waals surface area contributed by atoms with Crippen LogP contribution in [0.1, 0.15) is 22.3 Å². The molecule has 0 atom stereocenters. The summed E-state index contributed by atoms with van der Waals surface area (Å²) in [6.45, 7) is 0. The highest BCUT2D eigenvalue weighted by molar-refractivity contribution is 5.92. The van der Waals surface area contributed by atoms with E-state index in [2.05, 4.69) is 0 Å². The van der Waals surface area contributed by atoms with Crippen LogP contribution >= 0.6 is 0 Å². The van der Waals surface area contributed by atoms with Crippen molar-refractivity contribution < 1.29 is 52.7 Å². The van der Waals surface area contributed by atoms with Gasteiger partial charge in [0.2, 0.25) is 0 Å². The molecule has 0 aliphatic carbocycles. The molecule has 2 aromatic carbocycles. The minimum atomic E-state index is -6.21. The van der Waals surface area contributed by atoms with E-state index in [9.17, 15) is 52.7 Å². The maximum absolute atomic E-state index is 13.2. The number of fused-ring (bicyclic) bond motifs is 1. The summed E-state index contributed by atoms with van der Waals surface area (Å²) in [6.07, 6.45) is -23.7. The van der Waals surface area contributed by atoms with Crippen LogP contribution in [0, 0.1) is 0 Å². The van der Waals surface area contributed by atoms with Gasteiger partial charge in [0, 0.05) is 5.39 Å². The second-order valence-electron chi connectivity index (χ2n) is 5.07. The Bertz CT molecular complexity index is 833. The zero-order chi connectivity index (χ0) is 20.3. The third-order valence-corrected chi connectivity index (χ3v) is 3.34. The lowest BCUT2D eigenvalue weighted by Crippen LogP contribution is -2.24. The number of rotatable bonds is 0. The molecule has 0 bridgehead atoms. The van der Waals surface area contributed by atoms with Crippen LogP contribution in [0.3, 0.4) is 0 Å². The SMILES string of the molecule is FC(F)(F)c1cc2cccc(C(F)(F)F)c2c(C(F)(F)F)c1C(F)(F)F. The van der Waals surface area contributed by atoms with Gasteiger partial charge in [-0.2, -0.15) is 52.7 Å². The van der Waals surface area contributed by atoms with Gasteiger partial charge in [0.05, 0.1) is 22.3 Å². The first-order chi connectivity index (χ1) is 11.5. The monoisotopic (exact) mass is 400 g/mol. The van der Waals surface area contributed by atoms with Gasteiger partial charge >= 0.3 is 24.7 Å². The van der Waals surface area contributed by atoms with Crippen molar-refractivity contribution in [2.75, 3.05) is 0 Å². The highest BCUT2D eigenvalue weighted by Crippen LogP contribution is 2.51. The zero-order valence-corrected chi connectivity index (χ0v) is 11.8. The van der Waals surface area contributed by atoms with Crippen molar-refractivity contribution >= 4 is 10.8 Å². The Balaban J connectivity index is 3.24. The molecule has 0 aromatic heterocycles. The van der Waals surface area contributed by atoms with E-state index in [0.29, 0.717) is 12.1 Å². The highest BCUT2D eigenvalue weighted by atomic mass is 19.4. The van der Waals surface area contributed by atoms with Crippen molar-refractivity contribution in [3.8, 4) is 0 Å². The Kier molecular flexibility index (Phi) is 4.41. The molecule has 0 spiro atoms. The molecule has 144 valence electrons. The molecule has 0 heterocycles. The van der Waals surface area contributed by atoms with Crippen LogP contribution in [0.4, 0.5) is 52.7 Å². The van der Waals surface area contributed by atoms with Crippen molar-refractivity contribution in [2.24, 2.45) is 0 Å². The van der Waals surface area contributed by atoms with Gasteiger partial charge in [0.15, 0.2) is 0 Å². The fourth-order valence-corrected chi connectivity index (χ4v) is 2.49. The van der Waals surface area contributed by atoms with Gasteiger partial charge in [-0.1, -0.05) is 12.1 Å². The van der Waals surface area contributed by atoms with Crippen LogP contribution in [0.25, 0.3) is 10.8 Å². The zero-order valence-electron chi connectivity index (χ0n) is 11.8. The summed E-state index contributed by atoms with van der Waals surface area (Å²) < 4.78 is 156. The standard InChI is InChI=1S/C14H4F12/c15-11(16,17)6-3-1-2-5-4-7(12(18,19)20)9(13(21,22)23)10(8(5)6)14(24,25)26/h1-4H. The van der Waals surface area contributed by atoms with Gasteiger partial charge < -0.3 is 0 Å². The highest BCUT2D eigenvalue weighted by Gasteiger charge is 2.52. The Hall–Kier alpha value is -2.14. The first kappa shape index (κ1) is 20.2. The second kappa shape index (κ2) is 5.68. The van der Waals surface area contributed by atoms with E-state index in [1.54, 1.807) is 0 Å². The van der Waals surface area contributed by atoms with Gasteiger partial charge in [-0.25, -0.2) is 0 Å². The molecule has 0 nitrogen and oxygen atoms in total. The molecule has 0 aliphatic heterocycles. The van der Waals surface area contributed by atoms with Gasteiger partial charge in [-0.05, 0) is 17.5 Å². The number of alkyl halides is 12. The van der Waals surface area contributed by atoms with Crippen molar-refractivity contribution in [3.63, 3.8) is 0 Å². The van der Waals surface area contributed by atoms with Crippen molar-refractivity contribution in [2.45, 2.75) is 24.7 Å². The molecule has 0 radical (unpaired) electrons. The maximum atomic E-state index is 13.2. The summed E-state index contributed by atoms with van der Waals surface area (Å²) in [5, 5.41) is -3.26. The molecular formula is C14H4F12. The summed E-state index contributed by atoms with van der Waals surface area (Å²) >= 11 is 0. The van der Waals surface area contributed by atoms with E-state index in [4.69, 9.17) is 0 Å². The second-order valence-corrected chi connectivity index (χ2v) is 5.07. The van der Waals surface area contributed by atoms with E-state index < -0.39 is 57.7 Å². The third kappa shape index (κ3) is 3.54. The Morgan fingerprint density at radius 2 is 0.962 bits per heavy atom. The fraction of sp³-hybridized carbons (Fsp3) is 0.286. The Labute approximate surface area is 136 Å². The molecule has 2 rings (SSSR count). The van der Waals surface area contributed by atoms with Crippen molar-refractivity contribution in [1.82, 2.24) is 0 Å². The number of hydrogen-bond donors (Lipinski definition) is 0. The maximum Gasteiger partial charge on any atom is 0.417 e. The number of halogens is 12. The molecule has 0 aliphatic rings. The number of benzene rings is 2. The first-order valence-electron chi connectivity index (χ1n) is 6.34. The van der Waals surface area contributed by atoms with E-state index in [0.717, 1.165) is 0 Å². The van der Waals surface area contributed by atoms with Crippen molar-refractivity contribution in [1.29, 1.82) is 0 Å². The summed E-state index contributed by atoms with van der Waals surface area (Å²) in [7, 11) is 0. The van der Waals surface area contributed by atoms with E-state index in [-0.39, 0.29) is 12.1 Å². The van der Waals surface area contributed by atoms with Gasteiger partial charge in [-0.15, -0.1) is 0 Å². The lowest BCUT2D eigenvalue weighted by Gasteiger charge is -2.24. The Morgan fingerprint density at radius 3 is 1.35 bits per heavy atom. The topological polar surface area (TPSA) is 0 Å². The van der Waals surface area contributed by atoms with Crippen LogP contribution in [-0.4, -0.2) is 0 Å². The molecule has 0 saturated heterocycles. The van der Waals surface area contributed by atoms with Crippen LogP contribution in [0.15, 0.2) is 24.3 Å². The minimum absolute atomic E-state index is 0.0605. The molecule has 26 heavy (non-hydrogen) atoms. The molecule has 0 N–H and O–H groups in total. The van der Waals surface area contributed by atoms with Crippen LogP contribution in [0.2, 0.25) is 0 Å². The predicted molar refractivity (Wildman–Crippen MR) is 64.0 cm³/mol. The molecule has 0 saturated carbocycles. The van der Waals surface area contributed by atoms with E-state index in [1.165, 1.54) is 0 Å². The van der Waals surface area contributed by atoms with Gasteiger partial charge in [0.25, 0.3) is 0 Å². The van der Waals surface area contributed by atoms with Crippen molar-refractivity contribution in [3.05, 3.63) is 46.5 Å². The van der Waals surface area contributed by atoms with Crippen LogP contribution < -0.4 is 0 Å². The third-order valence-electron chi connectivity index (χ3n) is 3.34. The fourth-order valence-electron chi connectivity index (χ4n) is 2.49. The summed E-state index contributed by atoms with van der Waals surface area (Å²) in [6, 6.07) is 0.627. The molecule has 0 fully saturated rings. The molecule has 0 unspecified atom stereocenters.